The van der Waals surface area contributed by atoms with Gasteiger partial charge in [0.05, 0.1) is 24.4 Å². The molecule has 0 aromatic carbocycles. The van der Waals surface area contributed by atoms with E-state index in [0.29, 0.717) is 38.5 Å². The number of hydrogen-bond acceptors (Lipinski definition) is 5. The van der Waals surface area contributed by atoms with E-state index in [0.717, 1.165) is 77.0 Å². The fourth-order valence-corrected chi connectivity index (χ4v) is 17.1. The zero-order valence-electron chi connectivity index (χ0n) is 71.0. The Bertz CT molecular complexity index is 1360. The Morgan fingerprint density at radius 3 is 0.327 bits per heavy atom. The average Bonchev–Trinajstić information content (AvgIpc) is 0.793. The molecule has 5 heteroatoms. The van der Waals surface area contributed by atoms with Crippen LogP contribution in [0.15, 0.2) is 0 Å². The highest BCUT2D eigenvalue weighted by atomic mass is 16.5. The van der Waals surface area contributed by atoms with Crippen molar-refractivity contribution in [1.29, 1.82) is 0 Å². The second-order valence-electron chi connectivity index (χ2n) is 34.6. The van der Waals surface area contributed by atoms with Crippen molar-refractivity contribution in [2.75, 3.05) is 13.2 Å². The SMILES string of the molecule is CCCCCCCCCCCCCCCC(O)(CCCCCCCCCCCCCCC)C(O)(CCCCCCCCCCCCCCC)COCC(O)(CCCCCCCCCCCCCCC)C(O)(CCCCCCCCCCCCCCC)CCCCCCCCCCCCCCC. The van der Waals surface area contributed by atoms with Crippen LogP contribution in [0.4, 0.5) is 0 Å². The van der Waals surface area contributed by atoms with Gasteiger partial charge in [-0.05, 0) is 38.5 Å². The molecular weight excluding hydrogens is 1230 g/mol. The summed E-state index contributed by atoms with van der Waals surface area (Å²) in [5.41, 5.74) is -5.41. The first kappa shape index (κ1) is 101. The van der Waals surface area contributed by atoms with E-state index in [2.05, 4.69) is 41.5 Å². The van der Waals surface area contributed by atoms with Crippen LogP contribution in [0.1, 0.15) is 581 Å². The van der Waals surface area contributed by atoms with Gasteiger partial charge in [-0.1, -0.05) is 542 Å². The molecule has 0 aliphatic rings. The summed E-state index contributed by atoms with van der Waals surface area (Å²) in [5, 5.41) is 54.3. The molecule has 101 heavy (non-hydrogen) atoms. The fourth-order valence-electron chi connectivity index (χ4n) is 17.1. The van der Waals surface area contributed by atoms with E-state index in [-0.39, 0.29) is 13.2 Å². The first-order valence-electron chi connectivity index (χ1n) is 48.0. The second-order valence-corrected chi connectivity index (χ2v) is 34.6. The molecule has 0 fully saturated rings. The molecule has 0 spiro atoms. The largest absolute Gasteiger partial charge is 0.387 e. The van der Waals surface area contributed by atoms with Crippen molar-refractivity contribution in [2.45, 2.75) is 603 Å². The van der Waals surface area contributed by atoms with Crippen LogP contribution in [0.2, 0.25) is 0 Å². The average molecular weight is 1430 g/mol. The lowest BCUT2D eigenvalue weighted by Crippen LogP contribution is -2.60. The Morgan fingerprint density at radius 2 is 0.218 bits per heavy atom. The third-order valence-corrected chi connectivity index (χ3v) is 24.6. The van der Waals surface area contributed by atoms with Crippen molar-refractivity contribution in [2.24, 2.45) is 0 Å². The minimum Gasteiger partial charge on any atom is -0.387 e. The number of hydrogen-bond donors (Lipinski definition) is 4. The van der Waals surface area contributed by atoms with E-state index in [1.54, 1.807) is 0 Å². The summed E-state index contributed by atoms with van der Waals surface area (Å²) in [6.45, 7) is 13.9. The first-order chi connectivity index (χ1) is 49.6. The van der Waals surface area contributed by atoms with Gasteiger partial charge in [-0.25, -0.2) is 0 Å². The summed E-state index contributed by atoms with van der Waals surface area (Å²) in [5.74, 6) is 0. The van der Waals surface area contributed by atoms with Crippen LogP contribution < -0.4 is 0 Å². The van der Waals surface area contributed by atoms with E-state index >= 15 is 0 Å². The molecule has 4 N–H and O–H groups in total. The predicted octanol–water partition coefficient (Wildman–Crippen LogP) is 32.8. The lowest BCUT2D eigenvalue weighted by atomic mass is 9.72. The molecule has 608 valence electrons. The quantitative estimate of drug-likeness (QED) is 0.0456. The molecular formula is C96H194O5. The van der Waals surface area contributed by atoms with E-state index in [9.17, 15) is 20.4 Å². The van der Waals surface area contributed by atoms with Gasteiger partial charge in [-0.15, -0.1) is 0 Å². The van der Waals surface area contributed by atoms with Gasteiger partial charge < -0.3 is 25.2 Å². The van der Waals surface area contributed by atoms with E-state index in [1.165, 1.54) is 424 Å². The molecule has 0 aromatic rings. The Balaban J connectivity index is 6.87. The Morgan fingerprint density at radius 1 is 0.129 bits per heavy atom. The van der Waals surface area contributed by atoms with Gasteiger partial charge in [0.15, 0.2) is 0 Å². The van der Waals surface area contributed by atoms with Gasteiger partial charge in [0.25, 0.3) is 0 Å². The van der Waals surface area contributed by atoms with E-state index in [4.69, 9.17) is 4.74 Å². The van der Waals surface area contributed by atoms with Crippen LogP contribution in [0.5, 0.6) is 0 Å². The number of rotatable bonds is 90. The first-order valence-corrected chi connectivity index (χ1v) is 48.0. The minimum atomic E-state index is -1.43. The second kappa shape index (κ2) is 79.4. The van der Waals surface area contributed by atoms with Gasteiger partial charge in [-0.3, -0.25) is 0 Å². The van der Waals surface area contributed by atoms with E-state index < -0.39 is 22.4 Å². The summed E-state index contributed by atoms with van der Waals surface area (Å²) in [4.78, 5) is 0. The third-order valence-electron chi connectivity index (χ3n) is 24.6. The van der Waals surface area contributed by atoms with Crippen LogP contribution in [-0.4, -0.2) is 56.0 Å². The molecule has 0 aromatic heterocycles. The monoisotopic (exact) mass is 1430 g/mol. The highest BCUT2D eigenvalue weighted by Crippen LogP contribution is 2.42. The van der Waals surface area contributed by atoms with Crippen molar-refractivity contribution in [3.05, 3.63) is 0 Å². The van der Waals surface area contributed by atoms with Crippen molar-refractivity contribution in [1.82, 2.24) is 0 Å². The van der Waals surface area contributed by atoms with Gasteiger partial charge in [0.1, 0.15) is 11.2 Å². The summed E-state index contributed by atoms with van der Waals surface area (Å²) < 4.78 is 7.04. The van der Waals surface area contributed by atoms with Crippen LogP contribution in [0.3, 0.4) is 0 Å². The molecule has 0 saturated carbocycles. The zero-order valence-corrected chi connectivity index (χ0v) is 71.0. The Hall–Kier alpha value is -0.200. The van der Waals surface area contributed by atoms with Crippen LogP contribution in [0.25, 0.3) is 0 Å². The molecule has 0 aliphatic heterocycles. The van der Waals surface area contributed by atoms with Gasteiger partial charge in [0, 0.05) is 0 Å². The minimum absolute atomic E-state index is 0.0210. The van der Waals surface area contributed by atoms with Crippen molar-refractivity contribution >= 4 is 0 Å². The van der Waals surface area contributed by atoms with Gasteiger partial charge in [-0.2, -0.15) is 0 Å². The summed E-state index contributed by atoms with van der Waals surface area (Å²) in [6, 6.07) is 0. The summed E-state index contributed by atoms with van der Waals surface area (Å²) in [6.07, 6.45) is 104. The van der Waals surface area contributed by atoms with Crippen LogP contribution in [0, 0.1) is 0 Å². The zero-order chi connectivity index (χ0) is 73.5. The molecule has 0 rings (SSSR count). The molecule has 2 atom stereocenters. The summed E-state index contributed by atoms with van der Waals surface area (Å²) in [7, 11) is 0. The third kappa shape index (κ3) is 64.3. The van der Waals surface area contributed by atoms with E-state index in [1.807, 2.05) is 0 Å². The molecule has 0 amide bonds. The Kier molecular flexibility index (Phi) is 79.2. The van der Waals surface area contributed by atoms with Gasteiger partial charge in [0.2, 0.25) is 0 Å². The predicted molar refractivity (Wildman–Crippen MR) is 452 cm³/mol. The number of aliphatic hydroxyl groups is 4. The van der Waals surface area contributed by atoms with Crippen molar-refractivity contribution in [3.63, 3.8) is 0 Å². The summed E-state index contributed by atoms with van der Waals surface area (Å²) >= 11 is 0. The molecule has 0 bridgehead atoms. The number of unbranched alkanes of at least 4 members (excludes halogenated alkanes) is 72. The molecule has 2 unspecified atom stereocenters. The molecule has 0 aliphatic carbocycles. The number of ether oxygens (including phenoxy) is 1. The lowest BCUT2D eigenvalue weighted by molar-refractivity contribution is -0.225. The molecule has 0 heterocycles. The smallest absolute Gasteiger partial charge is 0.116 e. The van der Waals surface area contributed by atoms with Crippen LogP contribution in [-0.2, 0) is 4.74 Å². The fraction of sp³-hybridized carbons (Fsp3) is 1.00. The van der Waals surface area contributed by atoms with Crippen molar-refractivity contribution in [3.8, 4) is 0 Å². The maximum absolute atomic E-state index is 13.6. The maximum Gasteiger partial charge on any atom is 0.116 e. The maximum atomic E-state index is 13.6. The topological polar surface area (TPSA) is 90.2 Å². The molecule has 0 saturated heterocycles. The Labute approximate surface area is 638 Å². The standard InChI is InChI=1S/C96H194O5/c1-7-13-19-25-31-37-43-49-55-61-67-73-79-85-93(97,86-80-74-68-62-56-50-44-38-32-26-20-14-8-2)95(99,89-83-77-71-65-59-53-47-41-35-29-23-17-11-5)91-101-92-96(100,90-84-78-72-66-60-54-48-42-36-30-24-18-12-6)94(98,87-81-75-69-63-57-51-45-39-33-27-21-15-9-3)88-82-76-70-64-58-52-46-40-34-28-22-16-10-4/h97-100H,7-92H2,1-6H3. The normalized spacial score (nSPS) is 13.5. The van der Waals surface area contributed by atoms with Gasteiger partial charge >= 0.3 is 0 Å². The lowest BCUT2D eigenvalue weighted by Gasteiger charge is -2.47. The van der Waals surface area contributed by atoms with Crippen molar-refractivity contribution < 1.29 is 25.2 Å². The highest BCUT2D eigenvalue weighted by Gasteiger charge is 2.51. The molecule has 5 nitrogen and oxygen atoms in total. The molecule has 0 radical (unpaired) electrons. The van der Waals surface area contributed by atoms with Crippen LogP contribution >= 0.6 is 0 Å². The highest BCUT2D eigenvalue weighted by molar-refractivity contribution is 5.03.